The van der Waals surface area contributed by atoms with Crippen LogP contribution in [-0.2, 0) is 9.59 Å². The van der Waals surface area contributed by atoms with Gasteiger partial charge in [0.2, 0.25) is 0 Å². The molecule has 2 aromatic carbocycles. The van der Waals surface area contributed by atoms with Crippen molar-refractivity contribution >= 4 is 52.8 Å². The smallest absolute Gasteiger partial charge is 0.335 e. The topological polar surface area (TPSA) is 79.6 Å². The summed E-state index contributed by atoms with van der Waals surface area (Å²) in [5.74, 6) is -0.879. The molecule has 1 fully saturated rings. The first-order valence-electron chi connectivity index (χ1n) is 8.46. The van der Waals surface area contributed by atoms with Crippen molar-refractivity contribution in [3.8, 4) is 11.3 Å². The van der Waals surface area contributed by atoms with Gasteiger partial charge in [0.05, 0.1) is 15.7 Å². The Balaban J connectivity index is 1.69. The molecule has 0 unspecified atom stereocenters. The number of rotatable bonds is 3. The maximum atomic E-state index is 12.8. The number of hydrogen-bond acceptors (Lipinski definition) is 4. The number of halogens is 2. The summed E-state index contributed by atoms with van der Waals surface area (Å²) in [4.78, 5) is 38.1. The van der Waals surface area contributed by atoms with Crippen LogP contribution in [0, 0.1) is 0 Å². The van der Waals surface area contributed by atoms with Crippen LogP contribution in [0.1, 0.15) is 5.76 Å². The summed E-state index contributed by atoms with van der Waals surface area (Å²) in [7, 11) is 0. The predicted octanol–water partition coefficient (Wildman–Crippen LogP) is 4.92. The van der Waals surface area contributed by atoms with Crippen LogP contribution in [0.4, 0.5) is 10.5 Å². The van der Waals surface area contributed by atoms with Gasteiger partial charge >= 0.3 is 6.03 Å². The second kappa shape index (κ2) is 7.58. The number of amides is 4. The molecule has 6 nitrogen and oxygen atoms in total. The Morgan fingerprint density at radius 2 is 1.66 bits per heavy atom. The number of barbiturate groups is 1. The van der Waals surface area contributed by atoms with E-state index in [1.807, 2.05) is 0 Å². The maximum Gasteiger partial charge on any atom is 0.335 e. The lowest BCUT2D eigenvalue weighted by atomic mass is 10.1. The second-order valence-corrected chi connectivity index (χ2v) is 6.88. The third kappa shape index (κ3) is 3.55. The molecule has 0 atom stereocenters. The van der Waals surface area contributed by atoms with Gasteiger partial charge in [0.25, 0.3) is 11.8 Å². The normalized spacial score (nSPS) is 15.7. The van der Waals surface area contributed by atoms with Crippen LogP contribution < -0.4 is 10.2 Å². The van der Waals surface area contributed by atoms with E-state index in [1.54, 1.807) is 60.7 Å². The predicted molar refractivity (Wildman–Crippen MR) is 110 cm³/mol. The average Bonchev–Trinajstić information content (AvgIpc) is 3.16. The van der Waals surface area contributed by atoms with Crippen molar-refractivity contribution in [3.05, 3.63) is 82.0 Å². The van der Waals surface area contributed by atoms with Gasteiger partial charge in [0.1, 0.15) is 17.1 Å². The number of urea groups is 1. The summed E-state index contributed by atoms with van der Waals surface area (Å²) in [6.45, 7) is 0. The fourth-order valence-electron chi connectivity index (χ4n) is 2.88. The highest BCUT2D eigenvalue weighted by Crippen LogP contribution is 2.34. The van der Waals surface area contributed by atoms with Gasteiger partial charge < -0.3 is 4.42 Å². The molecule has 8 heteroatoms. The van der Waals surface area contributed by atoms with Gasteiger partial charge in [-0.1, -0.05) is 47.5 Å². The molecule has 4 rings (SSSR count). The van der Waals surface area contributed by atoms with Crippen molar-refractivity contribution in [2.45, 2.75) is 0 Å². The number of para-hydroxylation sites is 1. The quantitative estimate of drug-likeness (QED) is 0.476. The molecule has 3 aromatic rings. The molecule has 29 heavy (non-hydrogen) atoms. The summed E-state index contributed by atoms with van der Waals surface area (Å²) in [5.41, 5.74) is 0.690. The van der Waals surface area contributed by atoms with Gasteiger partial charge in [-0.05, 0) is 42.5 Å². The molecule has 2 heterocycles. The zero-order chi connectivity index (χ0) is 20.5. The number of imide groups is 2. The van der Waals surface area contributed by atoms with E-state index in [0.29, 0.717) is 27.1 Å². The number of carbonyl (C=O) groups is 3. The Labute approximate surface area is 175 Å². The van der Waals surface area contributed by atoms with Gasteiger partial charge in [-0.15, -0.1) is 0 Å². The molecule has 1 aliphatic heterocycles. The molecular weight excluding hydrogens is 415 g/mol. The third-order valence-corrected chi connectivity index (χ3v) is 5.07. The van der Waals surface area contributed by atoms with Crippen molar-refractivity contribution in [1.29, 1.82) is 0 Å². The van der Waals surface area contributed by atoms with Crippen molar-refractivity contribution in [2.75, 3.05) is 4.90 Å². The Hall–Kier alpha value is -3.35. The number of hydrogen-bond donors (Lipinski definition) is 1. The Kier molecular flexibility index (Phi) is 4.96. The van der Waals surface area contributed by atoms with Gasteiger partial charge in [-0.3, -0.25) is 14.9 Å². The summed E-state index contributed by atoms with van der Waals surface area (Å²) >= 11 is 12.2. The Bertz CT molecular complexity index is 1170. The standard InChI is InChI=1S/C21H12Cl2N2O4/c22-16-8-4-7-14(18(16)23)17-10-9-13(29-17)11-15-19(26)24-21(28)25(20(15)27)12-5-2-1-3-6-12/h1-11H,(H,24,26,28)/b15-11-. The van der Waals surface area contributed by atoms with Gasteiger partial charge in [-0.25, -0.2) is 9.69 Å². The lowest BCUT2D eigenvalue weighted by molar-refractivity contribution is -0.122. The summed E-state index contributed by atoms with van der Waals surface area (Å²) in [5, 5.41) is 2.87. The van der Waals surface area contributed by atoms with E-state index in [0.717, 1.165) is 4.90 Å². The van der Waals surface area contributed by atoms with E-state index in [1.165, 1.54) is 6.08 Å². The highest BCUT2D eigenvalue weighted by atomic mass is 35.5. The first-order valence-corrected chi connectivity index (χ1v) is 9.22. The minimum absolute atomic E-state index is 0.230. The fourth-order valence-corrected chi connectivity index (χ4v) is 3.27. The molecule has 1 saturated heterocycles. The molecule has 1 aliphatic rings. The van der Waals surface area contributed by atoms with E-state index >= 15 is 0 Å². The molecule has 1 N–H and O–H groups in total. The van der Waals surface area contributed by atoms with E-state index in [-0.39, 0.29) is 11.3 Å². The molecule has 1 aromatic heterocycles. The minimum atomic E-state index is -0.811. The van der Waals surface area contributed by atoms with Crippen molar-refractivity contribution in [1.82, 2.24) is 5.32 Å². The number of benzene rings is 2. The molecular formula is C21H12Cl2N2O4. The van der Waals surface area contributed by atoms with E-state index in [9.17, 15) is 14.4 Å². The Morgan fingerprint density at radius 3 is 2.41 bits per heavy atom. The molecule has 0 spiro atoms. The molecule has 144 valence electrons. The number of furan rings is 1. The molecule has 0 saturated carbocycles. The second-order valence-electron chi connectivity index (χ2n) is 6.10. The fraction of sp³-hybridized carbons (Fsp3) is 0. The number of carbonyl (C=O) groups excluding carboxylic acids is 3. The van der Waals surface area contributed by atoms with Crippen LogP contribution in [0.5, 0.6) is 0 Å². The highest BCUT2D eigenvalue weighted by Gasteiger charge is 2.37. The molecule has 0 radical (unpaired) electrons. The van der Waals surface area contributed by atoms with Crippen molar-refractivity contribution in [2.24, 2.45) is 0 Å². The van der Waals surface area contributed by atoms with Gasteiger partial charge in [0, 0.05) is 5.56 Å². The van der Waals surface area contributed by atoms with Crippen LogP contribution in [0.3, 0.4) is 0 Å². The van der Waals surface area contributed by atoms with Crippen LogP contribution in [0.15, 0.2) is 70.7 Å². The maximum absolute atomic E-state index is 12.8. The molecule has 4 amide bonds. The van der Waals surface area contributed by atoms with Crippen LogP contribution in [0.25, 0.3) is 17.4 Å². The Morgan fingerprint density at radius 1 is 0.897 bits per heavy atom. The van der Waals surface area contributed by atoms with Gasteiger partial charge in [-0.2, -0.15) is 0 Å². The number of nitrogens with one attached hydrogen (secondary N) is 1. The largest absolute Gasteiger partial charge is 0.457 e. The SMILES string of the molecule is O=C1NC(=O)N(c2ccccc2)C(=O)/C1=C\c1ccc(-c2cccc(Cl)c2Cl)o1. The molecule has 0 aliphatic carbocycles. The first kappa shape index (κ1) is 19.0. The van der Waals surface area contributed by atoms with E-state index in [2.05, 4.69) is 5.32 Å². The summed E-state index contributed by atoms with van der Waals surface area (Å²) < 4.78 is 5.72. The van der Waals surface area contributed by atoms with E-state index < -0.39 is 17.8 Å². The van der Waals surface area contributed by atoms with Gasteiger partial charge in [0.15, 0.2) is 0 Å². The molecule has 0 bridgehead atoms. The zero-order valence-electron chi connectivity index (χ0n) is 14.7. The minimum Gasteiger partial charge on any atom is -0.457 e. The number of anilines is 1. The average molecular weight is 427 g/mol. The first-order chi connectivity index (χ1) is 14.0. The lowest BCUT2D eigenvalue weighted by Gasteiger charge is -2.26. The van der Waals surface area contributed by atoms with Crippen LogP contribution in [-0.4, -0.2) is 17.8 Å². The van der Waals surface area contributed by atoms with Crippen LogP contribution in [0.2, 0.25) is 10.0 Å². The summed E-state index contributed by atoms with van der Waals surface area (Å²) in [6.07, 6.45) is 1.28. The number of nitrogens with zero attached hydrogens (tertiary/aromatic N) is 1. The summed E-state index contributed by atoms with van der Waals surface area (Å²) in [6, 6.07) is 15.8. The zero-order valence-corrected chi connectivity index (χ0v) is 16.2. The van der Waals surface area contributed by atoms with Crippen molar-refractivity contribution in [3.63, 3.8) is 0 Å². The van der Waals surface area contributed by atoms with Crippen molar-refractivity contribution < 1.29 is 18.8 Å². The monoisotopic (exact) mass is 426 g/mol. The van der Waals surface area contributed by atoms with E-state index in [4.69, 9.17) is 27.6 Å². The third-order valence-electron chi connectivity index (χ3n) is 4.25. The highest BCUT2D eigenvalue weighted by molar-refractivity contribution is 6.43. The lowest BCUT2D eigenvalue weighted by Crippen LogP contribution is -2.54. The van der Waals surface area contributed by atoms with Crippen LogP contribution >= 0.6 is 23.2 Å².